The Labute approximate surface area is 178 Å². The third-order valence-corrected chi connectivity index (χ3v) is 5.85. The molecular formula is C21H24F4N2O3S. The van der Waals surface area contributed by atoms with Crippen molar-refractivity contribution < 1.29 is 30.9 Å². The second-order valence-corrected chi connectivity index (χ2v) is 9.77. The molecule has 1 amide bonds. The van der Waals surface area contributed by atoms with Gasteiger partial charge < -0.3 is 5.73 Å². The van der Waals surface area contributed by atoms with Gasteiger partial charge in [-0.2, -0.15) is 13.2 Å². The number of benzene rings is 2. The lowest BCUT2D eigenvalue weighted by molar-refractivity contribution is -0.234. The van der Waals surface area contributed by atoms with Crippen LogP contribution < -0.4 is 5.73 Å². The van der Waals surface area contributed by atoms with Crippen molar-refractivity contribution in [2.45, 2.75) is 43.4 Å². The molecule has 0 aliphatic rings. The molecule has 10 heteroatoms. The first-order valence-electron chi connectivity index (χ1n) is 9.42. The van der Waals surface area contributed by atoms with Crippen LogP contribution in [0.15, 0.2) is 53.4 Å². The largest absolute Gasteiger partial charge is 0.410 e. The van der Waals surface area contributed by atoms with E-state index in [2.05, 4.69) is 0 Å². The molecule has 5 nitrogen and oxygen atoms in total. The Morgan fingerprint density at radius 2 is 1.45 bits per heavy atom. The summed E-state index contributed by atoms with van der Waals surface area (Å²) >= 11 is 0. The highest BCUT2D eigenvalue weighted by Gasteiger charge is 2.49. The number of rotatable bonds is 8. The summed E-state index contributed by atoms with van der Waals surface area (Å²) in [4.78, 5) is 11.7. The number of hydrogen-bond donors (Lipinski definition) is 1. The summed E-state index contributed by atoms with van der Waals surface area (Å²) < 4.78 is 79.1. The van der Waals surface area contributed by atoms with Crippen LogP contribution in [-0.2, 0) is 14.6 Å². The van der Waals surface area contributed by atoms with Gasteiger partial charge in [-0.05, 0) is 41.2 Å². The molecule has 0 aliphatic carbocycles. The molecule has 0 unspecified atom stereocenters. The molecule has 0 aromatic heterocycles. The Kier molecular flexibility index (Phi) is 7.48. The SMILES string of the molecule is CC(C)C[C@@H](C(N)=O)N(F)[C@@H](c1ccc(-c2ccc(S(C)(=O)=O)cc2)cc1)C(F)(F)F. The number of sulfone groups is 1. The van der Waals surface area contributed by atoms with Crippen LogP contribution in [0.1, 0.15) is 31.9 Å². The van der Waals surface area contributed by atoms with Gasteiger partial charge in [-0.25, -0.2) is 8.42 Å². The van der Waals surface area contributed by atoms with E-state index >= 15 is 0 Å². The van der Waals surface area contributed by atoms with Crippen molar-refractivity contribution in [3.63, 3.8) is 0 Å². The summed E-state index contributed by atoms with van der Waals surface area (Å²) in [5, 5.41) is -0.516. The number of primary amides is 1. The molecule has 0 fully saturated rings. The van der Waals surface area contributed by atoms with Gasteiger partial charge in [-0.15, -0.1) is 9.60 Å². The Morgan fingerprint density at radius 3 is 1.81 bits per heavy atom. The first-order chi connectivity index (χ1) is 14.2. The van der Waals surface area contributed by atoms with Gasteiger partial charge in [-0.1, -0.05) is 50.2 Å². The smallest absolute Gasteiger partial charge is 0.368 e. The van der Waals surface area contributed by atoms with Crippen molar-refractivity contribution >= 4 is 15.7 Å². The molecule has 0 heterocycles. The van der Waals surface area contributed by atoms with Crippen molar-refractivity contribution in [1.82, 2.24) is 5.12 Å². The predicted octanol–water partition coefficient (Wildman–Crippen LogP) is 4.45. The lowest BCUT2D eigenvalue weighted by atomic mass is 9.97. The van der Waals surface area contributed by atoms with Gasteiger partial charge in [0, 0.05) is 6.26 Å². The Hall–Kier alpha value is -2.46. The Balaban J connectivity index is 2.38. The summed E-state index contributed by atoms with van der Waals surface area (Å²) in [6, 6.07) is 6.45. The normalized spacial score (nSPS) is 14.6. The maximum absolute atomic E-state index is 14.9. The quantitative estimate of drug-likeness (QED) is 0.466. The van der Waals surface area contributed by atoms with E-state index in [1.807, 2.05) is 0 Å². The lowest BCUT2D eigenvalue weighted by Crippen LogP contribution is -2.46. The van der Waals surface area contributed by atoms with Crippen molar-refractivity contribution in [3.8, 4) is 11.1 Å². The number of nitrogens with zero attached hydrogens (tertiary/aromatic N) is 1. The van der Waals surface area contributed by atoms with Crippen molar-refractivity contribution in [2.75, 3.05) is 6.26 Å². The molecule has 0 bridgehead atoms. The number of carbonyl (C=O) groups excluding carboxylic acids is 1. The van der Waals surface area contributed by atoms with Crippen LogP contribution in [0.25, 0.3) is 11.1 Å². The molecule has 2 atom stereocenters. The fourth-order valence-corrected chi connectivity index (χ4v) is 3.82. The molecule has 0 spiro atoms. The maximum atomic E-state index is 14.9. The minimum atomic E-state index is -4.99. The maximum Gasteiger partial charge on any atom is 0.410 e. The molecule has 2 rings (SSSR count). The first kappa shape index (κ1) is 24.8. The number of amides is 1. The molecule has 2 N–H and O–H groups in total. The van der Waals surface area contributed by atoms with E-state index in [0.717, 1.165) is 18.4 Å². The van der Waals surface area contributed by atoms with Crippen LogP contribution in [0.5, 0.6) is 0 Å². The van der Waals surface area contributed by atoms with Crippen LogP contribution in [0.2, 0.25) is 0 Å². The first-order valence-corrected chi connectivity index (χ1v) is 11.3. The highest BCUT2D eigenvalue weighted by atomic mass is 32.2. The van der Waals surface area contributed by atoms with Gasteiger partial charge in [0.05, 0.1) is 4.90 Å². The summed E-state index contributed by atoms with van der Waals surface area (Å²) in [5.74, 6) is -1.42. The second-order valence-electron chi connectivity index (χ2n) is 7.75. The molecule has 0 radical (unpaired) electrons. The van der Waals surface area contributed by atoms with Gasteiger partial charge in [-0.3, -0.25) is 4.79 Å². The zero-order valence-corrected chi connectivity index (χ0v) is 18.0. The molecule has 2 aromatic rings. The summed E-state index contributed by atoms with van der Waals surface area (Å²) in [5.41, 5.74) is 5.87. The van der Waals surface area contributed by atoms with E-state index < -0.39 is 39.1 Å². The number of nitrogens with two attached hydrogens (primary N) is 1. The van der Waals surface area contributed by atoms with E-state index in [-0.39, 0.29) is 22.8 Å². The highest BCUT2D eigenvalue weighted by molar-refractivity contribution is 7.90. The van der Waals surface area contributed by atoms with Crippen LogP contribution >= 0.6 is 0 Å². The topological polar surface area (TPSA) is 80.5 Å². The summed E-state index contributed by atoms with van der Waals surface area (Å²) in [6.45, 7) is 3.30. The van der Waals surface area contributed by atoms with E-state index in [9.17, 15) is 30.9 Å². The Bertz CT molecular complexity index is 1000. The van der Waals surface area contributed by atoms with Crippen molar-refractivity contribution in [2.24, 2.45) is 11.7 Å². The fraction of sp³-hybridized carbons (Fsp3) is 0.381. The highest BCUT2D eigenvalue weighted by Crippen LogP contribution is 2.40. The average Bonchev–Trinajstić information content (AvgIpc) is 2.64. The zero-order valence-electron chi connectivity index (χ0n) is 17.2. The summed E-state index contributed by atoms with van der Waals surface area (Å²) in [7, 11) is -3.38. The fourth-order valence-electron chi connectivity index (χ4n) is 3.19. The average molecular weight is 460 g/mol. The van der Waals surface area contributed by atoms with Crippen LogP contribution in [0.3, 0.4) is 0 Å². The van der Waals surface area contributed by atoms with Gasteiger partial charge >= 0.3 is 6.18 Å². The molecule has 2 aromatic carbocycles. The van der Waals surface area contributed by atoms with E-state index in [0.29, 0.717) is 11.1 Å². The minimum absolute atomic E-state index is 0.112. The lowest BCUT2D eigenvalue weighted by Gasteiger charge is -2.31. The number of halogens is 4. The molecule has 0 saturated heterocycles. The number of alkyl halides is 3. The molecule has 31 heavy (non-hydrogen) atoms. The third kappa shape index (κ3) is 6.27. The number of hydrogen-bond acceptors (Lipinski definition) is 4. The summed E-state index contributed by atoms with van der Waals surface area (Å²) in [6.07, 6.45) is -4.09. The van der Waals surface area contributed by atoms with Gasteiger partial charge in [0.25, 0.3) is 0 Å². The van der Waals surface area contributed by atoms with Gasteiger partial charge in [0.2, 0.25) is 5.91 Å². The molecule has 0 saturated carbocycles. The number of carbonyl (C=O) groups is 1. The van der Waals surface area contributed by atoms with Crippen molar-refractivity contribution in [1.29, 1.82) is 0 Å². The molecule has 0 aliphatic heterocycles. The Morgan fingerprint density at radius 1 is 1.00 bits per heavy atom. The van der Waals surface area contributed by atoms with Gasteiger partial charge in [0.15, 0.2) is 15.9 Å². The van der Waals surface area contributed by atoms with E-state index in [1.165, 1.54) is 36.4 Å². The predicted molar refractivity (Wildman–Crippen MR) is 109 cm³/mol. The van der Waals surface area contributed by atoms with Crippen LogP contribution in [0.4, 0.5) is 17.7 Å². The second kappa shape index (κ2) is 9.35. The monoisotopic (exact) mass is 460 g/mol. The van der Waals surface area contributed by atoms with Crippen LogP contribution in [-0.4, -0.2) is 37.9 Å². The van der Waals surface area contributed by atoms with Crippen molar-refractivity contribution in [3.05, 3.63) is 54.1 Å². The molecular weight excluding hydrogens is 436 g/mol. The van der Waals surface area contributed by atoms with E-state index in [4.69, 9.17) is 5.73 Å². The third-order valence-electron chi connectivity index (χ3n) is 4.72. The van der Waals surface area contributed by atoms with E-state index in [1.54, 1.807) is 13.8 Å². The standard InChI is InChI=1S/C21H24F4N2O3S/c1-13(2)12-18(20(26)28)27(25)19(21(22,23)24)16-6-4-14(5-7-16)15-8-10-17(11-9-15)31(3,29)30/h4-11,13,18-19H,12H2,1-3H3,(H2,26,28)/t18-,19-/m0/s1. The molecule has 170 valence electrons. The minimum Gasteiger partial charge on any atom is -0.368 e. The van der Waals surface area contributed by atoms with Crippen LogP contribution in [0, 0.1) is 5.92 Å². The van der Waals surface area contributed by atoms with Gasteiger partial charge in [0.1, 0.15) is 6.04 Å². The zero-order chi connectivity index (χ0) is 23.6.